The molecule has 1 saturated heterocycles. The van der Waals surface area contributed by atoms with Gasteiger partial charge in [-0.1, -0.05) is 31.9 Å². The van der Waals surface area contributed by atoms with Crippen LogP contribution in [0.3, 0.4) is 0 Å². The summed E-state index contributed by atoms with van der Waals surface area (Å²) in [6, 6.07) is 8.53. The van der Waals surface area contributed by atoms with Gasteiger partial charge in [0, 0.05) is 6.54 Å². The zero-order valence-electron chi connectivity index (χ0n) is 12.6. The lowest BCUT2D eigenvalue weighted by atomic mass is 10.1. The Morgan fingerprint density at radius 1 is 1.25 bits per heavy atom. The Morgan fingerprint density at radius 2 is 2.10 bits per heavy atom. The maximum absolute atomic E-state index is 5.73. The van der Waals surface area contributed by atoms with Crippen LogP contribution < -0.4 is 10.1 Å². The number of thioether (sulfide) groups is 1. The second kappa shape index (κ2) is 9.30. The SMILES string of the molecule is CCCCCOc1ccc(CNCC2CCSC2)cc1. The van der Waals surface area contributed by atoms with Gasteiger partial charge in [-0.25, -0.2) is 0 Å². The van der Waals surface area contributed by atoms with Gasteiger partial charge in [-0.3, -0.25) is 0 Å². The van der Waals surface area contributed by atoms with Crippen molar-refractivity contribution in [2.45, 2.75) is 39.2 Å². The Bertz CT molecular complexity index is 360. The molecule has 1 aliphatic rings. The number of unbranched alkanes of at least 4 members (excludes halogenated alkanes) is 2. The van der Waals surface area contributed by atoms with Gasteiger partial charge in [0.25, 0.3) is 0 Å². The van der Waals surface area contributed by atoms with Crippen molar-refractivity contribution in [2.75, 3.05) is 24.7 Å². The van der Waals surface area contributed by atoms with E-state index in [9.17, 15) is 0 Å². The quantitative estimate of drug-likeness (QED) is 0.693. The van der Waals surface area contributed by atoms with Gasteiger partial charge in [-0.05, 0) is 54.5 Å². The number of hydrogen-bond acceptors (Lipinski definition) is 3. The molecule has 1 aromatic carbocycles. The van der Waals surface area contributed by atoms with Crippen LogP contribution in [0, 0.1) is 5.92 Å². The summed E-state index contributed by atoms with van der Waals surface area (Å²) >= 11 is 2.08. The van der Waals surface area contributed by atoms with Gasteiger partial charge in [-0.2, -0.15) is 11.8 Å². The molecule has 2 rings (SSSR count). The van der Waals surface area contributed by atoms with Crippen LogP contribution in [0.1, 0.15) is 38.2 Å². The molecule has 0 spiro atoms. The van der Waals surface area contributed by atoms with Crippen LogP contribution in [0.15, 0.2) is 24.3 Å². The molecule has 0 aliphatic carbocycles. The monoisotopic (exact) mass is 293 g/mol. The lowest BCUT2D eigenvalue weighted by molar-refractivity contribution is 0.306. The van der Waals surface area contributed by atoms with Gasteiger partial charge >= 0.3 is 0 Å². The molecule has 0 radical (unpaired) electrons. The van der Waals surface area contributed by atoms with Crippen molar-refractivity contribution in [3.8, 4) is 5.75 Å². The Labute approximate surface area is 127 Å². The van der Waals surface area contributed by atoms with Crippen molar-refractivity contribution in [2.24, 2.45) is 5.92 Å². The third-order valence-electron chi connectivity index (χ3n) is 3.73. The zero-order valence-corrected chi connectivity index (χ0v) is 13.4. The molecule has 1 aliphatic heterocycles. The van der Waals surface area contributed by atoms with E-state index in [1.165, 1.54) is 36.3 Å². The summed E-state index contributed by atoms with van der Waals surface area (Å²) < 4.78 is 5.73. The lowest BCUT2D eigenvalue weighted by Crippen LogP contribution is -2.22. The molecule has 3 heteroatoms. The molecule has 1 fully saturated rings. The number of hydrogen-bond donors (Lipinski definition) is 1. The van der Waals surface area contributed by atoms with Crippen molar-refractivity contribution in [3.63, 3.8) is 0 Å². The summed E-state index contributed by atoms with van der Waals surface area (Å²) in [7, 11) is 0. The summed E-state index contributed by atoms with van der Waals surface area (Å²) in [4.78, 5) is 0. The molecule has 1 atom stereocenters. The molecule has 0 amide bonds. The maximum atomic E-state index is 5.73. The van der Waals surface area contributed by atoms with Gasteiger partial charge in [-0.15, -0.1) is 0 Å². The molecule has 0 aromatic heterocycles. The molecular formula is C17H27NOS. The Balaban J connectivity index is 1.63. The van der Waals surface area contributed by atoms with E-state index in [1.807, 2.05) is 0 Å². The minimum atomic E-state index is 0.838. The van der Waals surface area contributed by atoms with E-state index in [1.54, 1.807) is 0 Å². The minimum absolute atomic E-state index is 0.838. The molecule has 20 heavy (non-hydrogen) atoms. The van der Waals surface area contributed by atoms with E-state index in [2.05, 4.69) is 48.3 Å². The van der Waals surface area contributed by atoms with E-state index in [0.717, 1.165) is 37.8 Å². The highest BCUT2D eigenvalue weighted by Crippen LogP contribution is 2.22. The van der Waals surface area contributed by atoms with E-state index >= 15 is 0 Å². The second-order valence-corrected chi connectivity index (χ2v) is 6.71. The number of nitrogens with one attached hydrogen (secondary N) is 1. The Kier molecular flexibility index (Phi) is 7.31. The molecule has 1 N–H and O–H groups in total. The van der Waals surface area contributed by atoms with Crippen molar-refractivity contribution in [1.29, 1.82) is 0 Å². The van der Waals surface area contributed by atoms with Crippen molar-refractivity contribution in [1.82, 2.24) is 5.32 Å². The van der Waals surface area contributed by atoms with Crippen LogP contribution in [-0.4, -0.2) is 24.7 Å². The van der Waals surface area contributed by atoms with Gasteiger partial charge in [0.15, 0.2) is 0 Å². The van der Waals surface area contributed by atoms with Crippen molar-refractivity contribution < 1.29 is 4.74 Å². The van der Waals surface area contributed by atoms with Crippen molar-refractivity contribution >= 4 is 11.8 Å². The minimum Gasteiger partial charge on any atom is -0.494 e. The van der Waals surface area contributed by atoms with Gasteiger partial charge in [0.1, 0.15) is 5.75 Å². The van der Waals surface area contributed by atoms with Crippen LogP contribution in [0.25, 0.3) is 0 Å². The van der Waals surface area contributed by atoms with E-state index in [0.29, 0.717) is 0 Å². The largest absolute Gasteiger partial charge is 0.494 e. The Hall–Kier alpha value is -0.670. The summed E-state index contributed by atoms with van der Waals surface area (Å²) in [6.07, 6.45) is 5.02. The van der Waals surface area contributed by atoms with Crippen LogP contribution in [0.5, 0.6) is 5.75 Å². The predicted molar refractivity (Wildman–Crippen MR) is 88.6 cm³/mol. The van der Waals surface area contributed by atoms with Crippen LogP contribution in [0.4, 0.5) is 0 Å². The maximum Gasteiger partial charge on any atom is 0.119 e. The van der Waals surface area contributed by atoms with E-state index in [4.69, 9.17) is 4.74 Å². The van der Waals surface area contributed by atoms with Crippen molar-refractivity contribution in [3.05, 3.63) is 29.8 Å². The summed E-state index contributed by atoms with van der Waals surface area (Å²) in [5.74, 6) is 4.55. The molecular weight excluding hydrogens is 266 g/mol. The lowest BCUT2D eigenvalue weighted by Gasteiger charge is -2.10. The summed E-state index contributed by atoms with van der Waals surface area (Å²) in [5.41, 5.74) is 1.34. The highest BCUT2D eigenvalue weighted by molar-refractivity contribution is 7.99. The highest BCUT2D eigenvalue weighted by Gasteiger charge is 2.14. The highest BCUT2D eigenvalue weighted by atomic mass is 32.2. The van der Waals surface area contributed by atoms with Gasteiger partial charge in [0.2, 0.25) is 0 Å². The molecule has 112 valence electrons. The average molecular weight is 293 g/mol. The summed E-state index contributed by atoms with van der Waals surface area (Å²) in [5, 5.41) is 3.57. The third-order valence-corrected chi connectivity index (χ3v) is 4.96. The van der Waals surface area contributed by atoms with Crippen LogP contribution >= 0.6 is 11.8 Å². The first-order valence-corrected chi connectivity index (χ1v) is 9.04. The first kappa shape index (κ1) is 15.7. The standard InChI is InChI=1S/C17H27NOS/c1-2-3-4-10-19-17-7-5-15(6-8-17)12-18-13-16-9-11-20-14-16/h5-8,16,18H,2-4,9-14H2,1H3. The number of ether oxygens (including phenoxy) is 1. The van der Waals surface area contributed by atoms with Gasteiger partial charge < -0.3 is 10.1 Å². The smallest absolute Gasteiger partial charge is 0.119 e. The fourth-order valence-corrected chi connectivity index (χ4v) is 3.70. The third kappa shape index (κ3) is 5.76. The predicted octanol–water partition coefficient (Wildman–Crippen LogP) is 4.10. The first-order valence-electron chi connectivity index (χ1n) is 7.88. The Morgan fingerprint density at radius 3 is 2.80 bits per heavy atom. The molecule has 1 aromatic rings. The van der Waals surface area contributed by atoms with Crippen LogP contribution in [-0.2, 0) is 6.54 Å². The molecule has 1 heterocycles. The molecule has 2 nitrogen and oxygen atoms in total. The van der Waals surface area contributed by atoms with E-state index < -0.39 is 0 Å². The zero-order chi connectivity index (χ0) is 14.0. The average Bonchev–Trinajstić information content (AvgIpc) is 2.98. The number of rotatable bonds is 9. The summed E-state index contributed by atoms with van der Waals surface area (Å²) in [6.45, 7) is 5.18. The van der Waals surface area contributed by atoms with Crippen LogP contribution in [0.2, 0.25) is 0 Å². The topological polar surface area (TPSA) is 21.3 Å². The second-order valence-electron chi connectivity index (χ2n) is 5.56. The van der Waals surface area contributed by atoms with E-state index in [-0.39, 0.29) is 0 Å². The molecule has 0 saturated carbocycles. The fraction of sp³-hybridized carbons (Fsp3) is 0.647. The molecule has 1 unspecified atom stereocenters. The van der Waals surface area contributed by atoms with Gasteiger partial charge in [0.05, 0.1) is 6.61 Å². The normalized spacial score (nSPS) is 18.4. The first-order chi connectivity index (χ1) is 9.88. The number of benzene rings is 1. The molecule has 0 bridgehead atoms. The fourth-order valence-electron chi connectivity index (χ4n) is 2.41.